The van der Waals surface area contributed by atoms with Gasteiger partial charge >= 0.3 is 17.9 Å². The van der Waals surface area contributed by atoms with Gasteiger partial charge in [-0.3, -0.25) is 14.4 Å². The number of hydrogen-bond acceptors (Lipinski definition) is 6. The molecule has 0 aliphatic rings. The van der Waals surface area contributed by atoms with Crippen molar-refractivity contribution in [3.05, 3.63) is 48.6 Å². The van der Waals surface area contributed by atoms with Crippen molar-refractivity contribution in [2.24, 2.45) is 0 Å². The summed E-state index contributed by atoms with van der Waals surface area (Å²) < 4.78 is 16.9. The topological polar surface area (TPSA) is 78.9 Å². The van der Waals surface area contributed by atoms with E-state index in [-0.39, 0.29) is 31.1 Å². The molecule has 6 nitrogen and oxygen atoms in total. The van der Waals surface area contributed by atoms with Crippen molar-refractivity contribution in [3.63, 3.8) is 0 Å². The third-order valence-corrected chi connectivity index (χ3v) is 15.0. The summed E-state index contributed by atoms with van der Waals surface area (Å²) in [7, 11) is 0. The molecule has 0 spiro atoms. The maximum atomic E-state index is 12.9. The van der Waals surface area contributed by atoms with Crippen molar-refractivity contribution in [2.45, 2.75) is 367 Å². The van der Waals surface area contributed by atoms with Crippen molar-refractivity contribution in [1.82, 2.24) is 0 Å². The minimum Gasteiger partial charge on any atom is -0.462 e. The predicted molar refractivity (Wildman–Crippen MR) is 330 cm³/mol. The molecule has 0 heterocycles. The molecule has 1 unspecified atom stereocenters. The molecule has 0 aromatic heterocycles. The Bertz CT molecular complexity index is 1310. The molecule has 444 valence electrons. The molecule has 0 aromatic rings. The molecular formula is C70H128O6. The fraction of sp³-hybridized carbons (Fsp3) is 0.843. The summed E-state index contributed by atoms with van der Waals surface area (Å²) in [5.74, 6) is -0.870. The summed E-state index contributed by atoms with van der Waals surface area (Å²) in [5.41, 5.74) is 0. The van der Waals surface area contributed by atoms with Gasteiger partial charge in [-0.1, -0.05) is 294 Å². The fourth-order valence-electron chi connectivity index (χ4n) is 9.94. The van der Waals surface area contributed by atoms with Gasteiger partial charge < -0.3 is 14.2 Å². The highest BCUT2D eigenvalue weighted by Gasteiger charge is 2.19. The molecule has 0 aliphatic carbocycles. The lowest BCUT2D eigenvalue weighted by molar-refractivity contribution is -0.167. The molecule has 76 heavy (non-hydrogen) atoms. The molecule has 0 fully saturated rings. The third kappa shape index (κ3) is 62.2. The highest BCUT2D eigenvalue weighted by Crippen LogP contribution is 2.17. The van der Waals surface area contributed by atoms with E-state index >= 15 is 0 Å². The number of rotatable bonds is 62. The van der Waals surface area contributed by atoms with Gasteiger partial charge in [-0.15, -0.1) is 0 Å². The van der Waals surface area contributed by atoms with Crippen LogP contribution in [-0.4, -0.2) is 37.2 Å². The van der Waals surface area contributed by atoms with Crippen LogP contribution in [0.4, 0.5) is 0 Å². The van der Waals surface area contributed by atoms with E-state index < -0.39 is 6.10 Å². The highest BCUT2D eigenvalue weighted by molar-refractivity contribution is 5.71. The van der Waals surface area contributed by atoms with E-state index in [0.29, 0.717) is 19.3 Å². The number of carbonyl (C=O) groups is 3. The van der Waals surface area contributed by atoms with Gasteiger partial charge in [-0.25, -0.2) is 0 Å². The lowest BCUT2D eigenvalue weighted by Crippen LogP contribution is -2.30. The Morgan fingerprint density at radius 2 is 0.500 bits per heavy atom. The SMILES string of the molecule is CCC/C=C\CCCCCCCC(=O)OCC(COC(=O)CCCCCCCCCCCCCCCCC/C=C\CCCCCCCCCC)OC(=O)CCCCCCCCCCC/C=C\C/C=C\CCCCCCC. The Hall–Kier alpha value is -2.63. The zero-order valence-corrected chi connectivity index (χ0v) is 51.0. The summed E-state index contributed by atoms with van der Waals surface area (Å²) in [6.45, 7) is 6.61. The summed E-state index contributed by atoms with van der Waals surface area (Å²) >= 11 is 0. The summed E-state index contributed by atoms with van der Waals surface area (Å²) in [5, 5.41) is 0. The second kappa shape index (κ2) is 64.9. The molecule has 0 saturated heterocycles. The summed E-state index contributed by atoms with van der Waals surface area (Å²) in [6, 6.07) is 0. The number of unbranched alkanes of at least 4 members (excludes halogenated alkanes) is 43. The van der Waals surface area contributed by atoms with E-state index in [9.17, 15) is 14.4 Å². The number of ether oxygens (including phenoxy) is 3. The normalized spacial score (nSPS) is 12.3. The smallest absolute Gasteiger partial charge is 0.306 e. The van der Waals surface area contributed by atoms with E-state index in [1.807, 2.05) is 0 Å². The zero-order chi connectivity index (χ0) is 55.0. The van der Waals surface area contributed by atoms with Crippen LogP contribution in [0.1, 0.15) is 361 Å². The monoisotopic (exact) mass is 1060 g/mol. The molecule has 0 amide bonds. The quantitative estimate of drug-likeness (QED) is 0.0261. The Morgan fingerprint density at radius 3 is 0.789 bits per heavy atom. The third-order valence-electron chi connectivity index (χ3n) is 15.0. The molecule has 0 bridgehead atoms. The van der Waals surface area contributed by atoms with Gasteiger partial charge in [-0.2, -0.15) is 0 Å². The van der Waals surface area contributed by atoms with Gasteiger partial charge in [0.2, 0.25) is 0 Å². The van der Waals surface area contributed by atoms with Crippen LogP contribution < -0.4 is 0 Å². The van der Waals surface area contributed by atoms with Crippen LogP contribution in [0.25, 0.3) is 0 Å². The molecule has 0 aromatic carbocycles. The molecule has 0 N–H and O–H groups in total. The second-order valence-corrected chi connectivity index (χ2v) is 22.7. The molecule has 6 heteroatoms. The maximum absolute atomic E-state index is 12.9. The summed E-state index contributed by atoms with van der Waals surface area (Å²) in [4.78, 5) is 38.3. The van der Waals surface area contributed by atoms with Crippen LogP contribution in [0.3, 0.4) is 0 Å². The average molecular weight is 1070 g/mol. The number of hydrogen-bond donors (Lipinski definition) is 0. The van der Waals surface area contributed by atoms with E-state index in [1.165, 1.54) is 244 Å². The number of allylic oxidation sites excluding steroid dienone is 8. The molecule has 0 saturated carbocycles. The lowest BCUT2D eigenvalue weighted by Gasteiger charge is -2.18. The predicted octanol–water partition coefficient (Wildman–Crippen LogP) is 22.9. The van der Waals surface area contributed by atoms with Crippen molar-refractivity contribution >= 4 is 17.9 Å². The minimum absolute atomic E-state index is 0.0746. The zero-order valence-electron chi connectivity index (χ0n) is 51.0. The average Bonchev–Trinajstić information content (AvgIpc) is 3.42. The van der Waals surface area contributed by atoms with Crippen LogP contribution >= 0.6 is 0 Å². The van der Waals surface area contributed by atoms with Crippen LogP contribution in [0.5, 0.6) is 0 Å². The van der Waals surface area contributed by atoms with Gasteiger partial charge in [0.1, 0.15) is 13.2 Å². The fourth-order valence-corrected chi connectivity index (χ4v) is 9.94. The Morgan fingerprint density at radius 1 is 0.263 bits per heavy atom. The van der Waals surface area contributed by atoms with Gasteiger partial charge in [0.25, 0.3) is 0 Å². The van der Waals surface area contributed by atoms with Crippen LogP contribution in [0, 0.1) is 0 Å². The molecule has 0 aliphatic heterocycles. The Kier molecular flexibility index (Phi) is 62.6. The number of carbonyl (C=O) groups excluding carboxylic acids is 3. The van der Waals surface area contributed by atoms with Crippen LogP contribution in [0.15, 0.2) is 48.6 Å². The van der Waals surface area contributed by atoms with Crippen molar-refractivity contribution < 1.29 is 28.6 Å². The summed E-state index contributed by atoms with van der Waals surface area (Å²) in [6.07, 6.45) is 81.4. The van der Waals surface area contributed by atoms with Crippen molar-refractivity contribution in [1.29, 1.82) is 0 Å². The van der Waals surface area contributed by atoms with Crippen molar-refractivity contribution in [3.8, 4) is 0 Å². The van der Waals surface area contributed by atoms with Crippen LogP contribution in [-0.2, 0) is 28.6 Å². The highest BCUT2D eigenvalue weighted by atomic mass is 16.6. The molecule has 0 radical (unpaired) electrons. The first kappa shape index (κ1) is 73.4. The Labute approximate surface area is 473 Å². The van der Waals surface area contributed by atoms with E-state index in [2.05, 4.69) is 69.4 Å². The standard InChI is InChI=1S/C70H128O6/c1-4-7-10-13-16-19-22-24-26-28-30-32-33-34-35-36-37-39-40-42-44-46-48-51-54-57-60-63-69(72)75-66-67(65-74-68(71)62-59-56-53-50-21-18-15-12-9-6-3)76-70(73)64-61-58-55-52-49-47-45-43-41-38-31-29-27-25-23-20-17-14-11-8-5-2/h12,15,23,25,28-31,67H,4-11,13-14,16-22,24,26-27,32-66H2,1-3H3/b15-12-,25-23-,30-28-,31-29-. The van der Waals surface area contributed by atoms with Gasteiger partial charge in [0, 0.05) is 19.3 Å². The minimum atomic E-state index is -0.778. The first-order valence-corrected chi connectivity index (χ1v) is 33.6. The van der Waals surface area contributed by atoms with Gasteiger partial charge in [-0.05, 0) is 96.3 Å². The number of esters is 3. The van der Waals surface area contributed by atoms with Gasteiger partial charge in [0.05, 0.1) is 0 Å². The lowest BCUT2D eigenvalue weighted by atomic mass is 10.0. The van der Waals surface area contributed by atoms with Crippen molar-refractivity contribution in [2.75, 3.05) is 13.2 Å². The van der Waals surface area contributed by atoms with E-state index in [0.717, 1.165) is 77.0 Å². The van der Waals surface area contributed by atoms with E-state index in [1.54, 1.807) is 0 Å². The first-order valence-electron chi connectivity index (χ1n) is 33.6. The Balaban J connectivity index is 4.17. The molecular weight excluding hydrogens is 937 g/mol. The van der Waals surface area contributed by atoms with Gasteiger partial charge in [0.15, 0.2) is 6.10 Å². The second-order valence-electron chi connectivity index (χ2n) is 22.7. The molecule has 1 atom stereocenters. The maximum Gasteiger partial charge on any atom is 0.306 e. The molecule has 0 rings (SSSR count). The van der Waals surface area contributed by atoms with Crippen LogP contribution in [0.2, 0.25) is 0 Å². The van der Waals surface area contributed by atoms with E-state index in [4.69, 9.17) is 14.2 Å². The first-order chi connectivity index (χ1) is 37.5. The largest absolute Gasteiger partial charge is 0.462 e.